The zero-order valence-electron chi connectivity index (χ0n) is 13.2. The number of benzene rings is 1. The quantitative estimate of drug-likeness (QED) is 0.848. The second-order valence-electron chi connectivity index (χ2n) is 6.33. The fraction of sp³-hybridized carbons (Fsp3) is 0.647. The standard InChI is InChI=1S/C17H23F3N2O/c18-17(19,20)16-6-2-1-4-14(16)12-21-7-3-5-15(13-21)22-8-10-23-11-9-22/h1-2,4,6,15H,3,5,7-13H2. The Kier molecular flexibility index (Phi) is 5.24. The van der Waals surface area contributed by atoms with E-state index in [-0.39, 0.29) is 0 Å². The fourth-order valence-electron chi connectivity index (χ4n) is 3.59. The Hall–Kier alpha value is -1.11. The minimum Gasteiger partial charge on any atom is -0.379 e. The second kappa shape index (κ2) is 7.20. The van der Waals surface area contributed by atoms with Crippen LogP contribution in [0.2, 0.25) is 0 Å². The lowest BCUT2D eigenvalue weighted by atomic mass is 10.0. The summed E-state index contributed by atoms with van der Waals surface area (Å²) in [4.78, 5) is 4.58. The average molecular weight is 328 g/mol. The maximum Gasteiger partial charge on any atom is 0.416 e. The van der Waals surface area contributed by atoms with E-state index in [0.717, 1.165) is 52.2 Å². The van der Waals surface area contributed by atoms with Crippen LogP contribution < -0.4 is 0 Å². The second-order valence-corrected chi connectivity index (χ2v) is 6.33. The smallest absolute Gasteiger partial charge is 0.379 e. The summed E-state index contributed by atoms with van der Waals surface area (Å²) < 4.78 is 44.8. The van der Waals surface area contributed by atoms with Gasteiger partial charge in [-0.1, -0.05) is 18.2 Å². The minimum atomic E-state index is -4.28. The molecule has 1 aromatic rings. The number of ether oxygens (including phenoxy) is 1. The van der Waals surface area contributed by atoms with Gasteiger partial charge in [0.2, 0.25) is 0 Å². The molecule has 2 fully saturated rings. The molecule has 23 heavy (non-hydrogen) atoms. The molecule has 0 bridgehead atoms. The molecule has 6 heteroatoms. The van der Waals surface area contributed by atoms with Crippen LogP contribution in [0.4, 0.5) is 13.2 Å². The van der Waals surface area contributed by atoms with Gasteiger partial charge < -0.3 is 4.74 Å². The first-order valence-corrected chi connectivity index (χ1v) is 8.23. The molecule has 0 radical (unpaired) electrons. The van der Waals surface area contributed by atoms with Crippen LogP contribution in [0.15, 0.2) is 24.3 Å². The van der Waals surface area contributed by atoms with Gasteiger partial charge in [-0.2, -0.15) is 13.2 Å². The van der Waals surface area contributed by atoms with Crippen molar-refractivity contribution in [1.29, 1.82) is 0 Å². The van der Waals surface area contributed by atoms with Gasteiger partial charge in [-0.15, -0.1) is 0 Å². The SMILES string of the molecule is FC(F)(F)c1ccccc1CN1CCCC(N2CCOCC2)C1. The van der Waals surface area contributed by atoms with Crippen molar-refractivity contribution >= 4 is 0 Å². The zero-order chi connectivity index (χ0) is 16.3. The number of halogens is 3. The Morgan fingerprint density at radius 2 is 1.83 bits per heavy atom. The summed E-state index contributed by atoms with van der Waals surface area (Å²) in [5, 5.41) is 0. The van der Waals surface area contributed by atoms with Crippen LogP contribution >= 0.6 is 0 Å². The van der Waals surface area contributed by atoms with E-state index >= 15 is 0 Å². The van der Waals surface area contributed by atoms with Crippen molar-refractivity contribution < 1.29 is 17.9 Å². The molecule has 1 atom stereocenters. The molecule has 128 valence electrons. The third-order valence-corrected chi connectivity index (χ3v) is 4.76. The molecule has 0 spiro atoms. The van der Waals surface area contributed by atoms with Gasteiger partial charge in [0.25, 0.3) is 0 Å². The molecule has 2 aliphatic heterocycles. The van der Waals surface area contributed by atoms with Crippen LogP contribution in [0.25, 0.3) is 0 Å². The molecular weight excluding hydrogens is 305 g/mol. The highest BCUT2D eigenvalue weighted by molar-refractivity contribution is 5.29. The van der Waals surface area contributed by atoms with Crippen LogP contribution in [-0.4, -0.2) is 55.2 Å². The number of rotatable bonds is 3. The van der Waals surface area contributed by atoms with E-state index in [2.05, 4.69) is 9.80 Å². The monoisotopic (exact) mass is 328 g/mol. The number of nitrogens with zero attached hydrogens (tertiary/aromatic N) is 2. The Bertz CT molecular complexity index is 515. The molecular formula is C17H23F3N2O. The summed E-state index contributed by atoms with van der Waals surface area (Å²) in [6.07, 6.45) is -2.12. The van der Waals surface area contributed by atoms with Crippen molar-refractivity contribution in [1.82, 2.24) is 9.80 Å². The predicted octanol–water partition coefficient (Wildman–Crippen LogP) is 3.00. The number of piperidine rings is 1. The number of hydrogen-bond donors (Lipinski definition) is 0. The number of alkyl halides is 3. The summed E-state index contributed by atoms with van der Waals surface area (Å²) in [6, 6.07) is 6.36. The van der Waals surface area contributed by atoms with E-state index in [0.29, 0.717) is 18.2 Å². The van der Waals surface area contributed by atoms with E-state index < -0.39 is 11.7 Å². The molecule has 2 saturated heterocycles. The Balaban J connectivity index is 1.66. The lowest BCUT2D eigenvalue weighted by molar-refractivity contribution is -0.138. The summed E-state index contributed by atoms with van der Waals surface area (Å²) in [6.45, 7) is 5.45. The molecule has 3 nitrogen and oxygen atoms in total. The number of hydrogen-bond acceptors (Lipinski definition) is 3. The highest BCUT2D eigenvalue weighted by atomic mass is 19.4. The van der Waals surface area contributed by atoms with Crippen molar-refractivity contribution in [2.75, 3.05) is 39.4 Å². The van der Waals surface area contributed by atoms with Gasteiger partial charge in [-0.3, -0.25) is 9.80 Å². The highest BCUT2D eigenvalue weighted by Gasteiger charge is 2.34. The third kappa shape index (κ3) is 4.25. The molecule has 3 rings (SSSR count). The van der Waals surface area contributed by atoms with Gasteiger partial charge in [-0.05, 0) is 31.0 Å². The predicted molar refractivity (Wildman–Crippen MR) is 82.1 cm³/mol. The van der Waals surface area contributed by atoms with Gasteiger partial charge in [0.1, 0.15) is 0 Å². The van der Waals surface area contributed by atoms with Crippen LogP contribution in [0.5, 0.6) is 0 Å². The van der Waals surface area contributed by atoms with Crippen LogP contribution in [0.3, 0.4) is 0 Å². The minimum absolute atomic E-state index is 0.372. The molecule has 0 N–H and O–H groups in total. The molecule has 1 unspecified atom stereocenters. The molecule has 0 amide bonds. The first-order chi connectivity index (χ1) is 11.0. The molecule has 0 aromatic heterocycles. The van der Waals surface area contributed by atoms with E-state index in [9.17, 15) is 13.2 Å². The summed E-state index contributed by atoms with van der Waals surface area (Å²) in [7, 11) is 0. The molecule has 0 saturated carbocycles. The van der Waals surface area contributed by atoms with Crippen molar-refractivity contribution in [2.45, 2.75) is 31.6 Å². The Labute approximate surface area is 135 Å². The summed E-state index contributed by atoms with van der Waals surface area (Å²) in [5.41, 5.74) is -0.129. The van der Waals surface area contributed by atoms with Crippen LogP contribution in [0, 0.1) is 0 Å². The van der Waals surface area contributed by atoms with Gasteiger partial charge in [0, 0.05) is 32.2 Å². The number of morpholine rings is 1. The molecule has 2 heterocycles. The topological polar surface area (TPSA) is 15.7 Å². The maximum atomic E-state index is 13.1. The molecule has 2 aliphatic rings. The van der Waals surface area contributed by atoms with E-state index in [4.69, 9.17) is 4.74 Å². The van der Waals surface area contributed by atoms with Crippen molar-refractivity contribution in [3.05, 3.63) is 35.4 Å². The van der Waals surface area contributed by atoms with Gasteiger partial charge in [0.15, 0.2) is 0 Å². The normalized spacial score (nSPS) is 24.7. The largest absolute Gasteiger partial charge is 0.416 e. The van der Waals surface area contributed by atoms with Crippen molar-refractivity contribution in [2.24, 2.45) is 0 Å². The Morgan fingerprint density at radius 1 is 1.09 bits per heavy atom. The molecule has 1 aromatic carbocycles. The first kappa shape index (κ1) is 16.7. The van der Waals surface area contributed by atoms with Crippen molar-refractivity contribution in [3.8, 4) is 0 Å². The van der Waals surface area contributed by atoms with Crippen molar-refractivity contribution in [3.63, 3.8) is 0 Å². The van der Waals surface area contributed by atoms with E-state index in [1.807, 2.05) is 0 Å². The summed E-state index contributed by atoms with van der Waals surface area (Å²) in [5.74, 6) is 0. The van der Waals surface area contributed by atoms with Crippen LogP contribution in [-0.2, 0) is 17.5 Å². The lowest BCUT2D eigenvalue weighted by Crippen LogP contribution is -2.51. The lowest BCUT2D eigenvalue weighted by Gasteiger charge is -2.41. The van der Waals surface area contributed by atoms with Gasteiger partial charge >= 0.3 is 6.18 Å². The maximum absolute atomic E-state index is 13.1. The van der Waals surface area contributed by atoms with Gasteiger partial charge in [-0.25, -0.2) is 0 Å². The molecule has 0 aliphatic carbocycles. The van der Waals surface area contributed by atoms with E-state index in [1.165, 1.54) is 12.1 Å². The van der Waals surface area contributed by atoms with Crippen LogP contribution in [0.1, 0.15) is 24.0 Å². The van der Waals surface area contributed by atoms with Gasteiger partial charge in [0.05, 0.1) is 18.8 Å². The first-order valence-electron chi connectivity index (χ1n) is 8.23. The number of likely N-dealkylation sites (tertiary alicyclic amines) is 1. The zero-order valence-corrected chi connectivity index (χ0v) is 13.2. The average Bonchev–Trinajstić information content (AvgIpc) is 2.55. The summed E-state index contributed by atoms with van der Waals surface area (Å²) >= 11 is 0. The van der Waals surface area contributed by atoms with E-state index in [1.54, 1.807) is 12.1 Å². The Morgan fingerprint density at radius 3 is 2.57 bits per heavy atom. The highest BCUT2D eigenvalue weighted by Crippen LogP contribution is 2.32. The fourth-order valence-corrected chi connectivity index (χ4v) is 3.59. The third-order valence-electron chi connectivity index (χ3n) is 4.76.